The summed E-state index contributed by atoms with van der Waals surface area (Å²) in [6.45, 7) is 4.46. The van der Waals surface area contributed by atoms with Crippen LogP contribution >= 0.6 is 0 Å². The summed E-state index contributed by atoms with van der Waals surface area (Å²) < 4.78 is 5.75. The predicted octanol–water partition coefficient (Wildman–Crippen LogP) is 6.98. The van der Waals surface area contributed by atoms with Gasteiger partial charge in [0, 0.05) is 0 Å². The molecule has 22 heavy (non-hydrogen) atoms. The highest BCUT2D eigenvalue weighted by molar-refractivity contribution is 4.97. The van der Waals surface area contributed by atoms with Gasteiger partial charge in [0.2, 0.25) is 0 Å². The van der Waals surface area contributed by atoms with Crippen molar-refractivity contribution in [1.29, 1.82) is 0 Å². The maximum Gasteiger partial charge on any atom is 0.0876 e. The number of epoxide rings is 1. The lowest BCUT2D eigenvalue weighted by Gasteiger charge is -2.01. The molecular weight excluding hydrogens is 268 g/mol. The first-order valence-corrected chi connectivity index (χ1v) is 9.84. The molecule has 1 saturated heterocycles. The molecule has 0 unspecified atom stereocenters. The van der Waals surface area contributed by atoms with Crippen molar-refractivity contribution < 1.29 is 4.74 Å². The Morgan fingerprint density at radius 2 is 1.32 bits per heavy atom. The summed E-state index contributed by atoms with van der Waals surface area (Å²) in [5, 5.41) is 0. The lowest BCUT2D eigenvalue weighted by Crippen LogP contribution is -1.93. The van der Waals surface area contributed by atoms with E-state index in [2.05, 4.69) is 38.2 Å². The molecule has 0 aromatic heterocycles. The summed E-state index contributed by atoms with van der Waals surface area (Å²) in [6.07, 6.45) is 27.5. The highest BCUT2D eigenvalue weighted by atomic mass is 16.6. The van der Waals surface area contributed by atoms with Gasteiger partial charge >= 0.3 is 0 Å². The van der Waals surface area contributed by atoms with E-state index in [1.807, 2.05) is 0 Å². The molecule has 1 fully saturated rings. The molecule has 0 N–H and O–H groups in total. The third-order valence-corrected chi connectivity index (χ3v) is 4.49. The summed E-state index contributed by atoms with van der Waals surface area (Å²) in [7, 11) is 0. The third kappa shape index (κ3) is 11.1. The summed E-state index contributed by atoms with van der Waals surface area (Å²) in [5.74, 6) is 0. The van der Waals surface area contributed by atoms with Gasteiger partial charge in [-0.25, -0.2) is 0 Å². The van der Waals surface area contributed by atoms with Crippen LogP contribution in [0.15, 0.2) is 24.3 Å². The highest BCUT2D eigenvalue weighted by Crippen LogP contribution is 2.30. The number of hydrogen-bond donors (Lipinski definition) is 0. The Hall–Kier alpha value is -0.560. The van der Waals surface area contributed by atoms with Crippen molar-refractivity contribution in [2.75, 3.05) is 0 Å². The van der Waals surface area contributed by atoms with E-state index in [1.165, 1.54) is 64.2 Å². The standard InChI is InChI=1S/C21H38O/c1-3-5-7-9-11-12-13-15-17-19-21-20(22-21)18-16-14-10-8-6-4-2/h6,8,14,16,20-21H,3-5,7,9-13,15,17-19H2,1-2H3/t20-,21+/m1/s1. The molecule has 2 atom stereocenters. The number of unbranched alkanes of at least 4 members (excludes halogenated alkanes) is 8. The van der Waals surface area contributed by atoms with Crippen LogP contribution in [0, 0.1) is 0 Å². The number of allylic oxidation sites excluding steroid dienone is 3. The largest absolute Gasteiger partial charge is 0.369 e. The van der Waals surface area contributed by atoms with Crippen LogP contribution in [-0.2, 0) is 4.74 Å². The van der Waals surface area contributed by atoms with Gasteiger partial charge in [0.1, 0.15) is 0 Å². The Morgan fingerprint density at radius 3 is 2.00 bits per heavy atom. The van der Waals surface area contributed by atoms with Crippen molar-refractivity contribution in [2.45, 2.75) is 110 Å². The second-order valence-corrected chi connectivity index (χ2v) is 6.65. The van der Waals surface area contributed by atoms with Crippen molar-refractivity contribution in [3.8, 4) is 0 Å². The van der Waals surface area contributed by atoms with Crippen LogP contribution in [0.25, 0.3) is 0 Å². The van der Waals surface area contributed by atoms with Gasteiger partial charge < -0.3 is 4.74 Å². The molecule has 1 heteroatoms. The van der Waals surface area contributed by atoms with Gasteiger partial charge in [-0.15, -0.1) is 0 Å². The van der Waals surface area contributed by atoms with E-state index in [9.17, 15) is 0 Å². The van der Waals surface area contributed by atoms with Crippen molar-refractivity contribution in [3.63, 3.8) is 0 Å². The van der Waals surface area contributed by atoms with E-state index in [0.29, 0.717) is 12.2 Å². The van der Waals surface area contributed by atoms with Gasteiger partial charge in [-0.05, 0) is 25.7 Å². The molecule has 128 valence electrons. The van der Waals surface area contributed by atoms with E-state index < -0.39 is 0 Å². The van der Waals surface area contributed by atoms with Crippen molar-refractivity contribution >= 4 is 0 Å². The van der Waals surface area contributed by atoms with Gasteiger partial charge in [-0.1, -0.05) is 95.9 Å². The third-order valence-electron chi connectivity index (χ3n) is 4.49. The maximum absolute atomic E-state index is 5.75. The summed E-state index contributed by atoms with van der Waals surface area (Å²) in [5.41, 5.74) is 0. The maximum atomic E-state index is 5.75. The minimum atomic E-state index is 0.528. The van der Waals surface area contributed by atoms with Crippen LogP contribution < -0.4 is 0 Å². The number of rotatable bonds is 15. The first-order valence-electron chi connectivity index (χ1n) is 9.84. The number of ether oxygens (including phenoxy) is 1. The number of hydrogen-bond acceptors (Lipinski definition) is 1. The van der Waals surface area contributed by atoms with Crippen molar-refractivity contribution in [2.24, 2.45) is 0 Å². The molecule has 0 amide bonds. The van der Waals surface area contributed by atoms with Crippen LogP contribution in [0.3, 0.4) is 0 Å². The molecule has 0 spiro atoms. The lowest BCUT2D eigenvalue weighted by atomic mass is 10.0. The Labute approximate surface area is 139 Å². The molecule has 0 radical (unpaired) electrons. The molecule has 0 saturated carbocycles. The molecule has 1 aliphatic rings. The van der Waals surface area contributed by atoms with Gasteiger partial charge in [0.25, 0.3) is 0 Å². The van der Waals surface area contributed by atoms with E-state index >= 15 is 0 Å². The Morgan fingerprint density at radius 1 is 0.682 bits per heavy atom. The van der Waals surface area contributed by atoms with Crippen molar-refractivity contribution in [1.82, 2.24) is 0 Å². The zero-order chi connectivity index (χ0) is 15.9. The lowest BCUT2D eigenvalue weighted by molar-refractivity contribution is 0.358. The fraction of sp³-hybridized carbons (Fsp3) is 0.810. The van der Waals surface area contributed by atoms with Crippen LogP contribution in [0.2, 0.25) is 0 Å². The molecule has 0 bridgehead atoms. The fourth-order valence-corrected chi connectivity index (χ4v) is 2.96. The minimum absolute atomic E-state index is 0.528. The topological polar surface area (TPSA) is 12.5 Å². The van der Waals surface area contributed by atoms with Gasteiger partial charge in [-0.3, -0.25) is 0 Å². The van der Waals surface area contributed by atoms with Gasteiger partial charge in [0.15, 0.2) is 0 Å². The van der Waals surface area contributed by atoms with E-state index in [1.54, 1.807) is 0 Å². The second kappa shape index (κ2) is 14.1. The summed E-state index contributed by atoms with van der Waals surface area (Å²) >= 11 is 0. The van der Waals surface area contributed by atoms with Gasteiger partial charge in [0.05, 0.1) is 12.2 Å². The van der Waals surface area contributed by atoms with Crippen LogP contribution in [-0.4, -0.2) is 12.2 Å². The molecule has 0 aliphatic carbocycles. The second-order valence-electron chi connectivity index (χ2n) is 6.65. The molecule has 1 nitrogen and oxygen atoms in total. The van der Waals surface area contributed by atoms with Crippen molar-refractivity contribution in [3.05, 3.63) is 24.3 Å². The van der Waals surface area contributed by atoms with Gasteiger partial charge in [-0.2, -0.15) is 0 Å². The zero-order valence-electron chi connectivity index (χ0n) is 15.1. The van der Waals surface area contributed by atoms with Crippen LogP contribution in [0.4, 0.5) is 0 Å². The zero-order valence-corrected chi connectivity index (χ0v) is 15.1. The molecule has 1 aliphatic heterocycles. The molecule has 1 rings (SSSR count). The average Bonchev–Trinajstić information content (AvgIpc) is 3.27. The molecule has 1 heterocycles. The average molecular weight is 307 g/mol. The SMILES string of the molecule is CCC=CCC=CC[C@H]1O[C@H]1CCCCCCCCCCC. The first kappa shape index (κ1) is 19.5. The summed E-state index contributed by atoms with van der Waals surface area (Å²) in [6, 6.07) is 0. The fourth-order valence-electron chi connectivity index (χ4n) is 2.96. The smallest absolute Gasteiger partial charge is 0.0876 e. The minimum Gasteiger partial charge on any atom is -0.369 e. The highest BCUT2D eigenvalue weighted by Gasteiger charge is 2.36. The predicted molar refractivity (Wildman–Crippen MR) is 98.3 cm³/mol. The normalized spacial score (nSPS) is 21.2. The molecule has 0 aromatic carbocycles. The summed E-state index contributed by atoms with van der Waals surface area (Å²) in [4.78, 5) is 0. The quantitative estimate of drug-likeness (QED) is 0.181. The van der Waals surface area contributed by atoms with E-state index in [4.69, 9.17) is 4.74 Å². The Kier molecular flexibility index (Phi) is 12.5. The first-order chi connectivity index (χ1) is 10.9. The van der Waals surface area contributed by atoms with E-state index in [0.717, 1.165) is 19.3 Å². The van der Waals surface area contributed by atoms with Crippen LogP contribution in [0.5, 0.6) is 0 Å². The van der Waals surface area contributed by atoms with E-state index in [-0.39, 0.29) is 0 Å². The Balaban J connectivity index is 1.81. The molecule has 0 aromatic rings. The monoisotopic (exact) mass is 306 g/mol. The Bertz CT molecular complexity index is 292. The molecular formula is C21H38O. The van der Waals surface area contributed by atoms with Crippen LogP contribution in [0.1, 0.15) is 97.3 Å².